The van der Waals surface area contributed by atoms with Crippen molar-refractivity contribution in [3.05, 3.63) is 42.0 Å². The average molecular weight is 296 g/mol. The van der Waals surface area contributed by atoms with Crippen LogP contribution in [0.4, 0.5) is 0 Å². The van der Waals surface area contributed by atoms with Crippen LogP contribution in [0.1, 0.15) is 45.0 Å². The Bertz CT molecular complexity index is 733. The molecule has 0 N–H and O–H groups in total. The van der Waals surface area contributed by atoms with Crippen LogP contribution >= 0.6 is 0 Å². The van der Waals surface area contributed by atoms with E-state index in [9.17, 15) is 4.79 Å². The number of hydrogen-bond donors (Lipinski definition) is 0. The van der Waals surface area contributed by atoms with Gasteiger partial charge in [-0.15, -0.1) is 0 Å². The lowest BCUT2D eigenvalue weighted by Crippen LogP contribution is -2.41. The number of hydrogen-bond acceptors (Lipinski definition) is 3. The van der Waals surface area contributed by atoms with Crippen molar-refractivity contribution in [2.45, 2.75) is 45.8 Å². The summed E-state index contributed by atoms with van der Waals surface area (Å²) < 4.78 is 12.2. The highest BCUT2D eigenvalue weighted by Crippen LogP contribution is 2.37. The van der Waals surface area contributed by atoms with Crippen LogP contribution in [0, 0.1) is 0 Å². The third-order valence-corrected chi connectivity index (χ3v) is 4.82. The average Bonchev–Trinajstić information content (AvgIpc) is 2.65. The molecule has 0 radical (unpaired) electrons. The summed E-state index contributed by atoms with van der Waals surface area (Å²) in [5.74, 6) is 0.0292. The molecule has 114 valence electrons. The molecule has 0 bridgehead atoms. The lowest BCUT2D eigenvalue weighted by Gasteiger charge is -2.32. The molecule has 0 atom stereocenters. The van der Waals surface area contributed by atoms with E-state index in [0.717, 1.165) is 16.2 Å². The molecule has 2 aromatic carbocycles. The summed E-state index contributed by atoms with van der Waals surface area (Å²) in [4.78, 5) is 12.2. The van der Waals surface area contributed by atoms with Crippen molar-refractivity contribution >= 4 is 29.1 Å². The third kappa shape index (κ3) is 2.27. The Labute approximate surface area is 131 Å². The van der Waals surface area contributed by atoms with E-state index >= 15 is 0 Å². The van der Waals surface area contributed by atoms with Crippen molar-refractivity contribution < 1.29 is 14.1 Å². The molecule has 0 saturated carbocycles. The molecule has 4 heteroatoms. The van der Waals surface area contributed by atoms with Crippen molar-refractivity contribution in [3.8, 4) is 0 Å². The summed E-state index contributed by atoms with van der Waals surface area (Å²) >= 11 is 0. The number of rotatable bonds is 2. The maximum Gasteiger partial charge on any atom is 0.495 e. The molecule has 1 aliphatic rings. The largest absolute Gasteiger partial charge is 0.495 e. The Hall–Kier alpha value is -1.65. The molecule has 3 rings (SSSR count). The van der Waals surface area contributed by atoms with Crippen molar-refractivity contribution in [2.24, 2.45) is 0 Å². The molecule has 0 aromatic heterocycles. The minimum atomic E-state index is -0.520. The van der Waals surface area contributed by atoms with E-state index in [-0.39, 0.29) is 5.78 Å². The van der Waals surface area contributed by atoms with E-state index in [1.54, 1.807) is 6.92 Å². The Morgan fingerprint density at radius 2 is 1.55 bits per heavy atom. The first-order valence-electron chi connectivity index (χ1n) is 7.61. The Kier molecular flexibility index (Phi) is 3.42. The van der Waals surface area contributed by atoms with E-state index in [1.807, 2.05) is 64.1 Å². The second-order valence-electron chi connectivity index (χ2n) is 6.90. The van der Waals surface area contributed by atoms with Gasteiger partial charge in [-0.05, 0) is 50.9 Å². The SMILES string of the molecule is CC(=O)c1c(B2OC(C)(C)C(C)(C)O2)ccc2ccccc12. The van der Waals surface area contributed by atoms with Crippen LogP contribution in [0.15, 0.2) is 36.4 Å². The van der Waals surface area contributed by atoms with Crippen molar-refractivity contribution in [1.29, 1.82) is 0 Å². The van der Waals surface area contributed by atoms with Crippen LogP contribution in [-0.2, 0) is 9.31 Å². The zero-order chi connectivity index (χ0) is 16.1. The van der Waals surface area contributed by atoms with Gasteiger partial charge in [-0.2, -0.15) is 0 Å². The molecule has 0 unspecified atom stereocenters. The number of ketones is 1. The monoisotopic (exact) mass is 296 g/mol. The second-order valence-corrected chi connectivity index (χ2v) is 6.90. The Morgan fingerprint density at radius 1 is 0.955 bits per heavy atom. The highest BCUT2D eigenvalue weighted by Gasteiger charge is 2.52. The van der Waals surface area contributed by atoms with Crippen LogP contribution in [-0.4, -0.2) is 24.1 Å². The highest BCUT2D eigenvalue weighted by molar-refractivity contribution is 6.64. The summed E-state index contributed by atoms with van der Waals surface area (Å²) in [6.07, 6.45) is 0. The molecular formula is C18H21BO3. The standard InChI is InChI=1S/C18H21BO3/c1-12(20)16-14-9-7-6-8-13(14)10-11-15(16)19-21-17(2,3)18(4,5)22-19/h6-11H,1-5H3. The van der Waals surface area contributed by atoms with E-state index in [4.69, 9.17) is 9.31 Å². The Morgan fingerprint density at radius 3 is 2.14 bits per heavy atom. The summed E-state index contributed by atoms with van der Waals surface area (Å²) in [5.41, 5.74) is 0.663. The van der Waals surface area contributed by atoms with Gasteiger partial charge in [-0.3, -0.25) is 4.79 Å². The van der Waals surface area contributed by atoms with Crippen LogP contribution in [0.2, 0.25) is 0 Å². The van der Waals surface area contributed by atoms with Gasteiger partial charge in [0, 0.05) is 5.56 Å². The first-order chi connectivity index (χ1) is 10.2. The van der Waals surface area contributed by atoms with Crippen molar-refractivity contribution in [1.82, 2.24) is 0 Å². The molecule has 1 fully saturated rings. The smallest absolute Gasteiger partial charge is 0.399 e. The molecule has 2 aromatic rings. The van der Waals surface area contributed by atoms with Gasteiger partial charge in [0.2, 0.25) is 0 Å². The van der Waals surface area contributed by atoms with Crippen molar-refractivity contribution in [2.75, 3.05) is 0 Å². The maximum absolute atomic E-state index is 12.2. The molecule has 0 aliphatic carbocycles. The number of Topliss-reactive ketones (excluding diaryl/α,β-unsaturated/α-hetero) is 1. The zero-order valence-corrected chi connectivity index (χ0v) is 13.8. The quantitative estimate of drug-likeness (QED) is 0.630. The molecule has 0 spiro atoms. The van der Waals surface area contributed by atoms with E-state index < -0.39 is 18.3 Å². The number of carbonyl (C=O) groups excluding carboxylic acids is 1. The lowest BCUT2D eigenvalue weighted by atomic mass is 9.73. The van der Waals surface area contributed by atoms with Crippen LogP contribution in [0.3, 0.4) is 0 Å². The fourth-order valence-electron chi connectivity index (χ4n) is 2.85. The molecule has 3 nitrogen and oxygen atoms in total. The minimum Gasteiger partial charge on any atom is -0.399 e. The van der Waals surface area contributed by atoms with Crippen molar-refractivity contribution in [3.63, 3.8) is 0 Å². The Balaban J connectivity index is 2.16. The topological polar surface area (TPSA) is 35.5 Å². The fourth-order valence-corrected chi connectivity index (χ4v) is 2.85. The first kappa shape index (κ1) is 15.3. The first-order valence-corrected chi connectivity index (χ1v) is 7.61. The zero-order valence-electron chi connectivity index (χ0n) is 13.8. The maximum atomic E-state index is 12.2. The second kappa shape index (κ2) is 4.93. The van der Waals surface area contributed by atoms with Gasteiger partial charge in [-0.1, -0.05) is 36.4 Å². The summed E-state index contributed by atoms with van der Waals surface area (Å²) in [5, 5.41) is 2.00. The molecule has 0 amide bonds. The van der Waals surface area contributed by atoms with E-state index in [2.05, 4.69) is 0 Å². The van der Waals surface area contributed by atoms with Crippen LogP contribution in [0.5, 0.6) is 0 Å². The molecule has 1 heterocycles. The lowest BCUT2D eigenvalue weighted by molar-refractivity contribution is 0.00578. The predicted molar refractivity (Wildman–Crippen MR) is 89.7 cm³/mol. The molecular weight excluding hydrogens is 275 g/mol. The number of carbonyl (C=O) groups is 1. The van der Waals surface area contributed by atoms with Gasteiger partial charge in [-0.25, -0.2) is 0 Å². The normalized spacial score (nSPS) is 19.6. The van der Waals surface area contributed by atoms with Gasteiger partial charge in [0.15, 0.2) is 5.78 Å². The van der Waals surface area contributed by atoms with Gasteiger partial charge in [0.05, 0.1) is 11.2 Å². The van der Waals surface area contributed by atoms with E-state index in [0.29, 0.717) is 5.56 Å². The molecule has 22 heavy (non-hydrogen) atoms. The fraction of sp³-hybridized carbons (Fsp3) is 0.389. The molecule has 1 aliphatic heterocycles. The highest BCUT2D eigenvalue weighted by atomic mass is 16.7. The number of fused-ring (bicyclic) bond motifs is 1. The van der Waals surface area contributed by atoms with Crippen LogP contribution < -0.4 is 5.46 Å². The van der Waals surface area contributed by atoms with Gasteiger partial charge in [0.25, 0.3) is 0 Å². The summed E-state index contributed by atoms with van der Waals surface area (Å²) in [7, 11) is -0.520. The molecule has 1 saturated heterocycles. The summed E-state index contributed by atoms with van der Waals surface area (Å²) in [6, 6.07) is 11.9. The van der Waals surface area contributed by atoms with E-state index in [1.165, 1.54) is 0 Å². The van der Waals surface area contributed by atoms with Gasteiger partial charge < -0.3 is 9.31 Å². The van der Waals surface area contributed by atoms with Gasteiger partial charge >= 0.3 is 7.12 Å². The van der Waals surface area contributed by atoms with Gasteiger partial charge in [0.1, 0.15) is 0 Å². The predicted octanol–water partition coefficient (Wildman–Crippen LogP) is 3.34. The van der Waals surface area contributed by atoms with Crippen LogP contribution in [0.25, 0.3) is 10.8 Å². The third-order valence-electron chi connectivity index (χ3n) is 4.82. The summed E-state index contributed by atoms with van der Waals surface area (Å²) in [6.45, 7) is 9.66. The minimum absolute atomic E-state index is 0.0292. The number of benzene rings is 2.